The standard InChI is InChI=1S/C22H22ClN9O5S/c1-7(14(36-2)17-24-4-8(23)5-25-17)38(34,35)30-21-29-28-20(32(21)13-18(33)26-6-27-19(13)37-3)22-11-9-12-10(11)16(22)31(12)15(9)22/h4-7,9-12,14-16H,1-3H3,(H,29,30)(H,26,27,33)/t7-,9?,10?,11?,12?,14-,15?,16?,22?/m0/s1. The average Bonchev–Trinajstić information content (AvgIpc) is 3.32. The molecule has 198 valence electrons. The zero-order valence-electron chi connectivity index (χ0n) is 20.3. The third-order valence-electron chi connectivity index (χ3n) is 9.42. The van der Waals surface area contributed by atoms with Gasteiger partial charge < -0.3 is 14.5 Å². The van der Waals surface area contributed by atoms with Crippen molar-refractivity contribution in [3.8, 4) is 11.6 Å². The van der Waals surface area contributed by atoms with Crippen molar-refractivity contribution in [2.45, 2.75) is 41.8 Å². The zero-order valence-corrected chi connectivity index (χ0v) is 21.9. The molecule has 6 aliphatic rings. The van der Waals surface area contributed by atoms with E-state index in [0.717, 1.165) is 0 Å². The first-order valence-electron chi connectivity index (χ1n) is 12.1. The van der Waals surface area contributed by atoms with Gasteiger partial charge in [0.2, 0.25) is 21.9 Å². The molecule has 3 aliphatic heterocycles. The number of nitrogens with one attached hydrogen (secondary N) is 2. The Morgan fingerprint density at radius 2 is 1.87 bits per heavy atom. The van der Waals surface area contributed by atoms with Crippen molar-refractivity contribution in [1.82, 2.24) is 39.6 Å². The topological polar surface area (TPSA) is 170 Å². The molecule has 2 N–H and O–H groups in total. The Bertz CT molecular complexity index is 1620. The minimum Gasteiger partial charge on any atom is -0.479 e. The van der Waals surface area contributed by atoms with Crippen LogP contribution in [0.15, 0.2) is 23.5 Å². The normalized spacial score (nSPS) is 34.5. The van der Waals surface area contributed by atoms with Crippen LogP contribution in [-0.4, -0.2) is 85.6 Å². The first-order valence-corrected chi connectivity index (χ1v) is 14.1. The Labute approximate surface area is 220 Å². The Kier molecular flexibility index (Phi) is 4.25. The Morgan fingerprint density at radius 1 is 1.16 bits per heavy atom. The van der Waals surface area contributed by atoms with Gasteiger partial charge in [0.15, 0.2) is 11.5 Å². The van der Waals surface area contributed by atoms with Crippen molar-refractivity contribution >= 4 is 27.6 Å². The van der Waals surface area contributed by atoms with Crippen molar-refractivity contribution in [2.24, 2.45) is 17.8 Å². The van der Waals surface area contributed by atoms with Crippen molar-refractivity contribution < 1.29 is 17.9 Å². The maximum Gasteiger partial charge on any atom is 0.279 e. The molecule has 0 bridgehead atoms. The van der Waals surface area contributed by atoms with E-state index in [9.17, 15) is 13.2 Å². The molecule has 0 amide bonds. The molecule has 4 unspecified atom stereocenters. The lowest BCUT2D eigenvalue weighted by Crippen LogP contribution is -3.18. The number of nitrogens with zero attached hydrogens (tertiary/aromatic N) is 7. The van der Waals surface area contributed by atoms with Crippen LogP contribution in [0.5, 0.6) is 5.88 Å². The number of sulfonamides is 1. The molecular formula is C22H22ClN9O5S. The fraction of sp³-hybridized carbons (Fsp3) is 0.545. The Hall–Kier alpha value is -3.14. The third-order valence-corrected chi connectivity index (χ3v) is 11.3. The van der Waals surface area contributed by atoms with Gasteiger partial charge in [-0.3, -0.25) is 19.0 Å². The van der Waals surface area contributed by atoms with E-state index in [4.69, 9.17) is 21.1 Å². The zero-order chi connectivity index (χ0) is 26.3. The summed E-state index contributed by atoms with van der Waals surface area (Å²) in [4.78, 5) is 30.5. The number of hydrogen-bond donors (Lipinski definition) is 2. The van der Waals surface area contributed by atoms with Crippen LogP contribution in [0.1, 0.15) is 24.7 Å². The van der Waals surface area contributed by atoms with Crippen LogP contribution >= 0.6 is 11.6 Å². The Balaban J connectivity index is 1.21. The van der Waals surface area contributed by atoms with Crippen LogP contribution in [-0.2, 0) is 20.2 Å². The second kappa shape index (κ2) is 7.08. The number of ether oxygens (including phenoxy) is 2. The van der Waals surface area contributed by atoms with Gasteiger partial charge in [-0.25, -0.2) is 23.4 Å². The van der Waals surface area contributed by atoms with Crippen LogP contribution < -0.4 is 15.0 Å². The molecule has 6 atom stereocenters. The maximum atomic E-state index is 13.6. The lowest BCUT2D eigenvalue weighted by molar-refractivity contribution is -0.564. The van der Waals surface area contributed by atoms with Gasteiger partial charge in [0, 0.05) is 37.6 Å². The number of H-pyrrole nitrogens is 1. The number of hydrogen-bond acceptors (Lipinski definition) is 11. The van der Waals surface area contributed by atoms with E-state index < -0.39 is 26.9 Å². The van der Waals surface area contributed by atoms with Gasteiger partial charge in [-0.15, -0.1) is 10.2 Å². The minimum absolute atomic E-state index is 0.0216. The summed E-state index contributed by atoms with van der Waals surface area (Å²) in [5.41, 5.74) is -0.715. The lowest BCUT2D eigenvalue weighted by Gasteiger charge is -3.07. The van der Waals surface area contributed by atoms with Gasteiger partial charge in [0.05, 0.1) is 23.9 Å². The first kappa shape index (κ1) is 22.8. The summed E-state index contributed by atoms with van der Waals surface area (Å²) in [6.45, 7) is 1.47. The number of methoxy groups -OCH3 is 2. The molecule has 3 aromatic rings. The monoisotopic (exact) mass is 559 g/mol. The van der Waals surface area contributed by atoms with Crippen molar-refractivity contribution in [2.75, 3.05) is 18.9 Å². The number of aromatic amines is 1. The number of halogens is 1. The van der Waals surface area contributed by atoms with Gasteiger partial charge in [-0.05, 0) is 24.7 Å². The first-order chi connectivity index (χ1) is 18.3. The molecular weight excluding hydrogens is 538 g/mol. The lowest BCUT2D eigenvalue weighted by atomic mass is 9.10. The summed E-state index contributed by atoms with van der Waals surface area (Å²) < 4.78 is 42.1. The molecule has 9 rings (SSSR count). The molecule has 3 saturated carbocycles. The summed E-state index contributed by atoms with van der Waals surface area (Å²) in [6.07, 6.45) is 2.96. The van der Waals surface area contributed by atoms with Crippen LogP contribution in [0.2, 0.25) is 5.02 Å². The quantitative estimate of drug-likeness (QED) is 0.358. The van der Waals surface area contributed by atoms with Crippen LogP contribution in [0, 0.1) is 17.8 Å². The molecule has 14 nitrogen and oxygen atoms in total. The summed E-state index contributed by atoms with van der Waals surface area (Å²) in [5, 5.41) is 7.89. The number of rotatable bonds is 9. The highest BCUT2D eigenvalue weighted by Crippen LogP contribution is 2.95. The molecule has 3 saturated heterocycles. The third kappa shape index (κ3) is 2.28. The average molecular weight is 560 g/mol. The second-order valence-corrected chi connectivity index (χ2v) is 13.0. The van der Waals surface area contributed by atoms with Crippen LogP contribution in [0.3, 0.4) is 0 Å². The van der Waals surface area contributed by atoms with E-state index in [-0.39, 0.29) is 28.8 Å². The maximum absolute atomic E-state index is 13.6. The van der Waals surface area contributed by atoms with Gasteiger partial charge in [0.1, 0.15) is 17.2 Å². The molecule has 0 aromatic carbocycles. The smallest absolute Gasteiger partial charge is 0.279 e. The molecule has 3 aromatic heterocycles. The largest absolute Gasteiger partial charge is 0.479 e. The predicted molar refractivity (Wildman–Crippen MR) is 130 cm³/mol. The van der Waals surface area contributed by atoms with Gasteiger partial charge >= 0.3 is 0 Å². The van der Waals surface area contributed by atoms with E-state index in [1.807, 2.05) is 0 Å². The van der Waals surface area contributed by atoms with E-state index >= 15 is 0 Å². The molecule has 16 heteroatoms. The summed E-state index contributed by atoms with van der Waals surface area (Å²) in [5.74, 6) is 2.43. The van der Waals surface area contributed by atoms with E-state index in [1.165, 1.54) is 44.4 Å². The molecule has 6 fully saturated rings. The molecule has 38 heavy (non-hydrogen) atoms. The summed E-state index contributed by atoms with van der Waals surface area (Å²) >= 11 is 5.89. The van der Waals surface area contributed by atoms with Crippen LogP contribution in [0.4, 0.5) is 5.95 Å². The summed E-state index contributed by atoms with van der Waals surface area (Å²) in [7, 11) is -1.39. The number of anilines is 1. The Morgan fingerprint density at radius 3 is 2.47 bits per heavy atom. The number of piperidine rings is 12. The van der Waals surface area contributed by atoms with E-state index in [0.29, 0.717) is 46.7 Å². The molecule has 0 radical (unpaired) electrons. The minimum atomic E-state index is -4.16. The van der Waals surface area contributed by atoms with E-state index in [1.54, 1.807) is 0 Å². The molecule has 0 spiro atoms. The van der Waals surface area contributed by atoms with Crippen molar-refractivity contribution in [3.05, 3.63) is 45.7 Å². The highest BCUT2D eigenvalue weighted by molar-refractivity contribution is 7.93. The van der Waals surface area contributed by atoms with Crippen molar-refractivity contribution in [1.29, 1.82) is 0 Å². The van der Waals surface area contributed by atoms with Gasteiger partial charge in [-0.1, -0.05) is 11.6 Å². The number of aromatic nitrogens is 7. The van der Waals surface area contributed by atoms with Crippen molar-refractivity contribution in [3.63, 3.8) is 0 Å². The molecule has 3 aliphatic carbocycles. The predicted octanol–water partition coefficient (Wildman–Crippen LogP) is -0.117. The van der Waals surface area contributed by atoms with E-state index in [2.05, 4.69) is 39.8 Å². The van der Waals surface area contributed by atoms with Gasteiger partial charge in [0.25, 0.3) is 5.56 Å². The van der Waals surface area contributed by atoms with Crippen LogP contribution in [0.25, 0.3) is 5.69 Å². The van der Waals surface area contributed by atoms with Gasteiger partial charge in [-0.2, -0.15) is 0 Å². The summed E-state index contributed by atoms with van der Waals surface area (Å²) in [6, 6.07) is 1.42. The highest BCUT2D eigenvalue weighted by Gasteiger charge is 3.05. The second-order valence-electron chi connectivity index (χ2n) is 10.5. The fourth-order valence-electron chi connectivity index (χ4n) is 8.05. The fourth-order valence-corrected chi connectivity index (χ4v) is 9.28. The SMILES string of the molecule is COc1nc[nH]c(=O)c1-n1c(NS(=O)(=O)[C@@H](C)[C@H](OC)c2ncc(Cl)cn2)nnc1C12C3C4C5C3C1N5C42. The highest BCUT2D eigenvalue weighted by atomic mass is 35.5. The molecule has 6 heterocycles.